The average Bonchev–Trinajstić information content (AvgIpc) is 2.57. The summed E-state index contributed by atoms with van der Waals surface area (Å²) in [6.07, 6.45) is 5.41. The van der Waals surface area contributed by atoms with Gasteiger partial charge in [-0.05, 0) is 31.4 Å². The second kappa shape index (κ2) is 16.6. The molecule has 0 aromatic heterocycles. The van der Waals surface area contributed by atoms with E-state index in [0.29, 0.717) is 39.6 Å². The second-order valence-corrected chi connectivity index (χ2v) is 7.41. The smallest absolute Gasteiger partial charge is 0.385 e. The van der Waals surface area contributed by atoms with Crippen LogP contribution in [-0.2, 0) is 27.5 Å². The van der Waals surface area contributed by atoms with Crippen molar-refractivity contribution >= 4 is 8.80 Å². The Morgan fingerprint density at radius 3 is 1.35 bits per heavy atom. The quantitative estimate of drug-likeness (QED) is 0.297. The van der Waals surface area contributed by atoms with Crippen LogP contribution in [0.3, 0.4) is 0 Å². The third-order valence-electron chi connectivity index (χ3n) is 2.95. The highest BCUT2D eigenvalue weighted by atomic mass is 28.4. The summed E-state index contributed by atoms with van der Waals surface area (Å²) in [6.45, 7) is 5.74. The van der Waals surface area contributed by atoms with Crippen LogP contribution in [0.1, 0.15) is 32.6 Å². The summed E-state index contributed by atoms with van der Waals surface area (Å²) in [5.41, 5.74) is 1.99. The van der Waals surface area contributed by atoms with Crippen LogP contribution < -0.4 is 0 Å². The summed E-state index contributed by atoms with van der Waals surface area (Å²) in [7, 11) is 2.24. The van der Waals surface area contributed by atoms with Crippen LogP contribution in [0.2, 0.25) is 0 Å². The number of rotatable bonds is 17. The molecular weight excluding hydrogens is 316 g/mol. The molecule has 7 heteroatoms. The van der Waals surface area contributed by atoms with Gasteiger partial charge in [0.15, 0.2) is 0 Å². The molecule has 0 unspecified atom stereocenters. The van der Waals surface area contributed by atoms with Crippen molar-refractivity contribution in [1.29, 1.82) is 0 Å². The molecule has 0 atom stereocenters. The van der Waals surface area contributed by atoms with Gasteiger partial charge in [0.05, 0.1) is 0 Å². The molecule has 0 N–H and O–H groups in total. The van der Waals surface area contributed by atoms with E-state index in [2.05, 4.69) is 13.0 Å². The summed E-state index contributed by atoms with van der Waals surface area (Å²) < 4.78 is 33.3. The summed E-state index contributed by atoms with van der Waals surface area (Å²) in [5, 5.41) is 0. The van der Waals surface area contributed by atoms with E-state index >= 15 is 0 Å². The van der Waals surface area contributed by atoms with Crippen molar-refractivity contribution in [2.45, 2.75) is 32.6 Å². The monoisotopic (exact) mass is 350 g/mol. The molecule has 0 aromatic rings. The van der Waals surface area contributed by atoms with Gasteiger partial charge in [-0.15, -0.1) is 0 Å². The van der Waals surface area contributed by atoms with Crippen molar-refractivity contribution in [1.82, 2.24) is 0 Å². The summed E-state index contributed by atoms with van der Waals surface area (Å²) in [5.74, 6) is 0. The maximum Gasteiger partial charge on any atom is 0.529 e. The Kier molecular flexibility index (Phi) is 16.4. The van der Waals surface area contributed by atoms with E-state index < -0.39 is 8.80 Å². The fraction of sp³-hybridized carbons (Fsp3) is 0.875. The highest BCUT2D eigenvalue weighted by molar-refractivity contribution is 6.66. The van der Waals surface area contributed by atoms with E-state index in [1.54, 1.807) is 21.3 Å². The molecule has 138 valence electrons. The van der Waals surface area contributed by atoms with E-state index in [-0.39, 0.29) is 0 Å². The number of ether oxygens (including phenoxy) is 3. The van der Waals surface area contributed by atoms with Crippen LogP contribution in [-0.4, -0.2) is 69.8 Å². The van der Waals surface area contributed by atoms with Crippen LogP contribution in [0.4, 0.5) is 0 Å². The predicted octanol–water partition coefficient (Wildman–Crippen LogP) is 2.59. The number of hydrogen-bond acceptors (Lipinski definition) is 6. The molecule has 0 heterocycles. The highest BCUT2D eigenvalue weighted by Gasteiger charge is 2.38. The summed E-state index contributed by atoms with van der Waals surface area (Å²) in [4.78, 5) is 0. The zero-order chi connectivity index (χ0) is 17.2. The first-order valence-corrected chi connectivity index (χ1v) is 10.1. The van der Waals surface area contributed by atoms with Crippen molar-refractivity contribution in [3.05, 3.63) is 11.8 Å². The second-order valence-electron chi connectivity index (χ2n) is 5.00. The first-order valence-electron chi connectivity index (χ1n) is 8.31. The van der Waals surface area contributed by atoms with Crippen LogP contribution in [0.15, 0.2) is 11.8 Å². The first kappa shape index (κ1) is 22.7. The van der Waals surface area contributed by atoms with Gasteiger partial charge in [-0.1, -0.05) is 13.0 Å². The van der Waals surface area contributed by atoms with Gasteiger partial charge in [0.2, 0.25) is 0 Å². The van der Waals surface area contributed by atoms with E-state index in [1.165, 1.54) is 0 Å². The van der Waals surface area contributed by atoms with Gasteiger partial charge >= 0.3 is 8.80 Å². The van der Waals surface area contributed by atoms with Gasteiger partial charge in [-0.25, -0.2) is 0 Å². The van der Waals surface area contributed by atoms with Gasteiger partial charge in [-0.2, -0.15) is 0 Å². The Bertz CT molecular complexity index is 244. The fourth-order valence-electron chi connectivity index (χ4n) is 1.78. The lowest BCUT2D eigenvalue weighted by molar-refractivity contribution is 0.0515. The van der Waals surface area contributed by atoms with E-state index in [9.17, 15) is 0 Å². The van der Waals surface area contributed by atoms with Crippen molar-refractivity contribution in [2.75, 3.05) is 61.0 Å². The van der Waals surface area contributed by atoms with E-state index in [4.69, 9.17) is 27.5 Å². The van der Waals surface area contributed by atoms with E-state index in [0.717, 1.165) is 25.7 Å². The molecule has 0 saturated carbocycles. The molecule has 0 aliphatic rings. The van der Waals surface area contributed by atoms with Gasteiger partial charge < -0.3 is 27.5 Å². The van der Waals surface area contributed by atoms with Crippen molar-refractivity contribution in [3.8, 4) is 0 Å². The molecule has 0 aliphatic heterocycles. The Morgan fingerprint density at radius 1 is 0.652 bits per heavy atom. The lowest BCUT2D eigenvalue weighted by atomic mass is 10.5. The Balaban J connectivity index is 4.62. The van der Waals surface area contributed by atoms with Crippen LogP contribution in [0, 0.1) is 0 Å². The van der Waals surface area contributed by atoms with Crippen LogP contribution >= 0.6 is 0 Å². The van der Waals surface area contributed by atoms with Crippen LogP contribution in [0.25, 0.3) is 0 Å². The zero-order valence-corrected chi connectivity index (χ0v) is 16.2. The molecule has 0 saturated heterocycles. The minimum atomic E-state index is -2.81. The number of hydrogen-bond donors (Lipinski definition) is 0. The van der Waals surface area contributed by atoms with Crippen molar-refractivity contribution < 1.29 is 27.5 Å². The molecule has 0 amide bonds. The van der Waals surface area contributed by atoms with Crippen LogP contribution in [0.5, 0.6) is 0 Å². The maximum absolute atomic E-state index is 6.04. The third kappa shape index (κ3) is 12.8. The fourth-order valence-corrected chi connectivity index (χ4v) is 4.13. The molecule has 0 aliphatic carbocycles. The summed E-state index contributed by atoms with van der Waals surface area (Å²) in [6, 6.07) is 0. The van der Waals surface area contributed by atoms with Gasteiger partial charge in [0.25, 0.3) is 0 Å². The van der Waals surface area contributed by atoms with Gasteiger partial charge in [-0.3, -0.25) is 0 Å². The predicted molar refractivity (Wildman–Crippen MR) is 92.5 cm³/mol. The molecule has 6 nitrogen and oxygen atoms in total. The minimum absolute atomic E-state index is 0.558. The van der Waals surface area contributed by atoms with Crippen molar-refractivity contribution in [3.63, 3.8) is 0 Å². The molecule has 0 spiro atoms. The lowest BCUT2D eigenvalue weighted by Gasteiger charge is -2.27. The molecular formula is C16H34O6Si. The average molecular weight is 351 g/mol. The Morgan fingerprint density at radius 2 is 1.04 bits per heavy atom. The number of allylic oxidation sites excluding steroid dienone is 1. The summed E-state index contributed by atoms with van der Waals surface area (Å²) >= 11 is 0. The topological polar surface area (TPSA) is 55.4 Å². The van der Waals surface area contributed by atoms with Crippen molar-refractivity contribution in [2.24, 2.45) is 0 Å². The third-order valence-corrected chi connectivity index (χ3v) is 5.41. The lowest BCUT2D eigenvalue weighted by Crippen LogP contribution is -2.45. The largest absolute Gasteiger partial charge is 0.529 e. The molecule has 0 fully saturated rings. The molecule has 0 aromatic carbocycles. The van der Waals surface area contributed by atoms with Gasteiger partial charge in [0.1, 0.15) is 0 Å². The molecule has 0 rings (SSSR count). The van der Waals surface area contributed by atoms with Gasteiger partial charge in [0, 0.05) is 61.0 Å². The Hall–Kier alpha value is -0.283. The molecule has 0 bridgehead atoms. The van der Waals surface area contributed by atoms with E-state index in [1.807, 2.05) is 5.70 Å². The molecule has 0 radical (unpaired) electrons. The minimum Gasteiger partial charge on any atom is -0.385 e. The maximum atomic E-state index is 6.04. The zero-order valence-electron chi connectivity index (χ0n) is 15.2. The molecule has 23 heavy (non-hydrogen) atoms. The normalized spacial score (nSPS) is 12.3. The number of methoxy groups -OCH3 is 3. The Labute approximate surface area is 142 Å². The SMILES string of the molecule is CCC=C[Si](OCCCOC)(OCCCOC)OCCCOC. The highest BCUT2D eigenvalue weighted by Crippen LogP contribution is 2.14. The standard InChI is InChI=1S/C16H34O6Si/c1-5-6-16-23(20-13-7-10-17-2,21-14-8-11-18-3)22-15-9-12-19-4/h6,16H,5,7-15H2,1-4H3. The first-order chi connectivity index (χ1) is 11.2.